The number of hydrogen-bond donors (Lipinski definition) is 0. The molecule has 8 heteroatoms. The Kier molecular flexibility index (Phi) is 7.40. The van der Waals surface area contributed by atoms with Crippen LogP contribution in [0, 0.1) is 5.41 Å². The largest absolute Gasteiger partial charge is 0.463 e. The van der Waals surface area contributed by atoms with Crippen LogP contribution in [0.4, 0.5) is 13.2 Å². The molecule has 0 unspecified atom stereocenters. The highest BCUT2D eigenvalue weighted by atomic mass is 35.6. The monoisotopic (exact) mass is 326 g/mol. The highest BCUT2D eigenvalue weighted by Gasteiger charge is 2.45. The molecular weight excluding hydrogens is 315 g/mol. The first-order chi connectivity index (χ1) is 8.27. The van der Waals surface area contributed by atoms with Crippen molar-refractivity contribution in [1.82, 2.24) is 0 Å². The first-order valence-electron chi connectivity index (χ1n) is 4.91. The number of alkyl halides is 6. The first-order valence-corrected chi connectivity index (χ1v) is 6.04. The molecule has 0 radical (unpaired) electrons. The lowest BCUT2D eigenvalue weighted by Gasteiger charge is -2.31. The van der Waals surface area contributed by atoms with Gasteiger partial charge in [-0.3, -0.25) is 0 Å². The topological polar surface area (TPSA) is 26.3 Å². The predicted molar refractivity (Wildman–Crippen MR) is 65.4 cm³/mol. The van der Waals surface area contributed by atoms with Crippen molar-refractivity contribution in [2.75, 3.05) is 26.6 Å². The van der Waals surface area contributed by atoms with Gasteiger partial charge in [-0.25, -0.2) is 18.0 Å². The summed E-state index contributed by atoms with van der Waals surface area (Å²) in [5.41, 5.74) is -2.89. The molecule has 0 N–H and O–H groups in total. The van der Waals surface area contributed by atoms with Gasteiger partial charge in [-0.05, 0) is 6.92 Å². The Morgan fingerprint density at radius 3 is 1.89 bits per heavy atom. The standard InChI is InChI=1S/C10H12Cl3F3O2/c1-2-18-8(17)3-7(10(11,12)13)9(4-14,5-15)6-16/h3H,2,4-6H2,1H3/b7-3-. The second kappa shape index (κ2) is 7.46. The molecule has 0 rings (SSSR count). The van der Waals surface area contributed by atoms with Gasteiger partial charge in [0.15, 0.2) is 0 Å². The van der Waals surface area contributed by atoms with E-state index in [0.717, 1.165) is 0 Å². The molecule has 0 aliphatic rings. The zero-order valence-electron chi connectivity index (χ0n) is 9.49. The third kappa shape index (κ3) is 4.52. The average molecular weight is 328 g/mol. The number of carbonyl (C=O) groups is 1. The number of rotatable bonds is 6. The lowest BCUT2D eigenvalue weighted by molar-refractivity contribution is -0.137. The second-order valence-electron chi connectivity index (χ2n) is 3.49. The molecule has 106 valence electrons. The molecule has 0 atom stereocenters. The smallest absolute Gasteiger partial charge is 0.330 e. The van der Waals surface area contributed by atoms with Crippen molar-refractivity contribution < 1.29 is 22.7 Å². The molecule has 0 aromatic heterocycles. The molecule has 18 heavy (non-hydrogen) atoms. The SMILES string of the molecule is CCOC(=O)/C=C(\C(Cl)(Cl)Cl)C(CF)(CF)CF. The van der Waals surface area contributed by atoms with Gasteiger partial charge >= 0.3 is 5.97 Å². The lowest BCUT2D eigenvalue weighted by Crippen LogP contribution is -2.37. The summed E-state index contributed by atoms with van der Waals surface area (Å²) in [6, 6.07) is 0. The molecule has 0 spiro atoms. The Balaban J connectivity index is 5.55. The van der Waals surface area contributed by atoms with Crippen LogP contribution in [-0.2, 0) is 9.53 Å². The summed E-state index contributed by atoms with van der Waals surface area (Å²) < 4.78 is 40.9. The van der Waals surface area contributed by atoms with Gasteiger partial charge in [0.1, 0.15) is 20.0 Å². The minimum Gasteiger partial charge on any atom is -0.463 e. The molecule has 0 aliphatic heterocycles. The first kappa shape index (κ1) is 17.9. The van der Waals surface area contributed by atoms with E-state index < -0.39 is 40.8 Å². The van der Waals surface area contributed by atoms with Crippen molar-refractivity contribution in [1.29, 1.82) is 0 Å². The van der Waals surface area contributed by atoms with E-state index in [1.165, 1.54) is 6.92 Å². The third-order valence-corrected chi connectivity index (χ3v) is 2.80. The summed E-state index contributed by atoms with van der Waals surface area (Å²) in [6.45, 7) is -2.79. The van der Waals surface area contributed by atoms with E-state index in [-0.39, 0.29) is 6.61 Å². The van der Waals surface area contributed by atoms with Crippen LogP contribution < -0.4 is 0 Å². The lowest BCUT2D eigenvalue weighted by atomic mass is 9.84. The molecule has 0 saturated carbocycles. The highest BCUT2D eigenvalue weighted by Crippen LogP contribution is 2.45. The van der Waals surface area contributed by atoms with Crippen LogP contribution in [0.3, 0.4) is 0 Å². The average Bonchev–Trinajstić information content (AvgIpc) is 2.29. The normalized spacial score (nSPS) is 13.6. The van der Waals surface area contributed by atoms with Gasteiger partial charge < -0.3 is 4.74 Å². The van der Waals surface area contributed by atoms with Crippen LogP contribution in [0.1, 0.15) is 6.92 Å². The molecule has 0 fully saturated rings. The Morgan fingerprint density at radius 2 is 1.61 bits per heavy atom. The van der Waals surface area contributed by atoms with Crippen LogP contribution in [0.2, 0.25) is 0 Å². The zero-order chi connectivity index (χ0) is 14.4. The molecular formula is C10H12Cl3F3O2. The van der Waals surface area contributed by atoms with Gasteiger partial charge in [0.05, 0.1) is 12.0 Å². The fourth-order valence-corrected chi connectivity index (χ4v) is 1.93. The summed E-state index contributed by atoms with van der Waals surface area (Å²) in [7, 11) is 0. The third-order valence-electron chi connectivity index (χ3n) is 2.19. The van der Waals surface area contributed by atoms with E-state index in [1.807, 2.05) is 0 Å². The molecule has 0 saturated heterocycles. The van der Waals surface area contributed by atoms with E-state index in [9.17, 15) is 18.0 Å². The van der Waals surface area contributed by atoms with E-state index in [2.05, 4.69) is 4.74 Å². The van der Waals surface area contributed by atoms with Crippen LogP contribution in [0.25, 0.3) is 0 Å². The van der Waals surface area contributed by atoms with Gasteiger partial charge in [0, 0.05) is 11.6 Å². The maximum absolute atomic E-state index is 12.9. The van der Waals surface area contributed by atoms with Crippen molar-refractivity contribution in [3.05, 3.63) is 11.6 Å². The van der Waals surface area contributed by atoms with Gasteiger partial charge in [0.25, 0.3) is 0 Å². The van der Waals surface area contributed by atoms with Crippen molar-refractivity contribution in [2.45, 2.75) is 10.7 Å². The van der Waals surface area contributed by atoms with Crippen molar-refractivity contribution >= 4 is 40.8 Å². The summed E-state index contributed by atoms with van der Waals surface area (Å²) in [6.07, 6.45) is 0.620. The number of carbonyl (C=O) groups excluding carboxylic acids is 1. The van der Waals surface area contributed by atoms with Gasteiger partial charge in [0.2, 0.25) is 3.79 Å². The van der Waals surface area contributed by atoms with Crippen molar-refractivity contribution in [3.63, 3.8) is 0 Å². The van der Waals surface area contributed by atoms with Crippen LogP contribution in [0.15, 0.2) is 11.6 Å². The Bertz CT molecular complexity index is 304. The van der Waals surface area contributed by atoms with E-state index >= 15 is 0 Å². The molecule has 2 nitrogen and oxygen atoms in total. The Hall–Kier alpha value is -0.130. The fourth-order valence-electron chi connectivity index (χ4n) is 1.16. The molecule has 0 amide bonds. The summed E-state index contributed by atoms with van der Waals surface area (Å²) in [5.74, 6) is -0.960. The fraction of sp³-hybridized carbons (Fsp3) is 0.700. The minimum atomic E-state index is -2.31. The van der Waals surface area contributed by atoms with E-state index in [1.54, 1.807) is 0 Å². The van der Waals surface area contributed by atoms with Gasteiger partial charge in [-0.2, -0.15) is 0 Å². The number of hydrogen-bond acceptors (Lipinski definition) is 2. The highest BCUT2D eigenvalue weighted by molar-refractivity contribution is 6.69. The zero-order valence-corrected chi connectivity index (χ0v) is 11.8. The van der Waals surface area contributed by atoms with Crippen LogP contribution >= 0.6 is 34.8 Å². The Labute approximate surface area is 118 Å². The van der Waals surface area contributed by atoms with Crippen molar-refractivity contribution in [2.24, 2.45) is 5.41 Å². The molecule has 0 heterocycles. The maximum Gasteiger partial charge on any atom is 0.330 e. The minimum absolute atomic E-state index is 0.0242. The van der Waals surface area contributed by atoms with Crippen LogP contribution in [0.5, 0.6) is 0 Å². The number of ether oxygens (including phenoxy) is 1. The molecule has 0 bridgehead atoms. The maximum atomic E-state index is 12.9. The number of halogens is 6. The van der Waals surface area contributed by atoms with Crippen LogP contribution in [-0.4, -0.2) is 36.4 Å². The van der Waals surface area contributed by atoms with E-state index in [0.29, 0.717) is 6.08 Å². The molecule has 0 aliphatic carbocycles. The predicted octanol–water partition coefficient (Wildman–Crippen LogP) is 3.74. The molecule has 0 aromatic carbocycles. The Morgan fingerprint density at radius 1 is 1.17 bits per heavy atom. The summed E-state index contributed by atoms with van der Waals surface area (Å²) >= 11 is 16.6. The summed E-state index contributed by atoms with van der Waals surface area (Å²) in [5, 5.41) is 0. The van der Waals surface area contributed by atoms with E-state index in [4.69, 9.17) is 34.8 Å². The summed E-state index contributed by atoms with van der Waals surface area (Å²) in [4.78, 5) is 11.3. The molecule has 0 aromatic rings. The van der Waals surface area contributed by atoms with Crippen molar-refractivity contribution in [3.8, 4) is 0 Å². The van der Waals surface area contributed by atoms with Gasteiger partial charge in [-0.1, -0.05) is 34.8 Å². The number of esters is 1. The number of allylic oxidation sites excluding steroid dienone is 1. The quantitative estimate of drug-likeness (QED) is 0.422. The second-order valence-corrected chi connectivity index (χ2v) is 5.77. The van der Waals surface area contributed by atoms with Gasteiger partial charge in [-0.15, -0.1) is 0 Å².